The molecule has 0 bridgehead atoms. The smallest absolute Gasteiger partial charge is 0.295 e. The van der Waals surface area contributed by atoms with E-state index in [0.29, 0.717) is 42.5 Å². The third-order valence-electron chi connectivity index (χ3n) is 6.08. The van der Waals surface area contributed by atoms with Gasteiger partial charge in [0.2, 0.25) is 0 Å². The molecule has 0 aliphatic carbocycles. The minimum absolute atomic E-state index is 0.0688. The monoisotopic (exact) mass is 462 g/mol. The van der Waals surface area contributed by atoms with E-state index in [2.05, 4.69) is 4.98 Å². The van der Waals surface area contributed by atoms with Crippen molar-refractivity contribution in [2.45, 2.75) is 26.8 Å². The van der Waals surface area contributed by atoms with Gasteiger partial charge in [0, 0.05) is 19.3 Å². The van der Waals surface area contributed by atoms with Gasteiger partial charge in [-0.05, 0) is 64.2 Å². The second-order valence-corrected chi connectivity index (χ2v) is 8.73. The number of ketones is 1. The maximum atomic E-state index is 13.3. The highest BCUT2D eigenvalue weighted by Gasteiger charge is 2.46. The number of pyridine rings is 1. The summed E-state index contributed by atoms with van der Waals surface area (Å²) in [4.78, 5) is 34.5. The van der Waals surface area contributed by atoms with E-state index in [9.17, 15) is 14.7 Å². The van der Waals surface area contributed by atoms with Crippen LogP contribution in [0, 0.1) is 13.8 Å². The second-order valence-electron chi connectivity index (χ2n) is 8.73. The van der Waals surface area contributed by atoms with Gasteiger partial charge in [-0.25, -0.2) is 4.98 Å². The molecule has 2 aromatic heterocycles. The minimum atomic E-state index is -0.717. The summed E-state index contributed by atoms with van der Waals surface area (Å²) < 4.78 is 7.32. The summed E-state index contributed by atoms with van der Waals surface area (Å²) >= 11 is 0. The van der Waals surface area contributed by atoms with E-state index in [0.717, 1.165) is 11.1 Å². The zero-order valence-electron chi connectivity index (χ0n) is 20.2. The van der Waals surface area contributed by atoms with Crippen LogP contribution in [-0.4, -0.2) is 69.8 Å². The Morgan fingerprint density at radius 2 is 1.85 bits per heavy atom. The van der Waals surface area contributed by atoms with Crippen molar-refractivity contribution in [3.63, 3.8) is 0 Å². The average Bonchev–Trinajstić information content (AvgIpc) is 3.27. The van der Waals surface area contributed by atoms with Crippen molar-refractivity contribution < 1.29 is 19.4 Å². The molecule has 4 rings (SSSR count). The van der Waals surface area contributed by atoms with Crippen LogP contribution in [0.5, 0.6) is 5.75 Å². The highest BCUT2D eigenvalue weighted by Crippen LogP contribution is 2.40. The lowest BCUT2D eigenvalue weighted by atomic mass is 9.96. The number of benzene rings is 1. The first-order valence-corrected chi connectivity index (χ1v) is 11.3. The number of likely N-dealkylation sites (N-methyl/N-ethyl adjacent to an activating group) is 1. The predicted molar refractivity (Wildman–Crippen MR) is 130 cm³/mol. The SMILES string of the molecule is CCOc1ccc([C@H]2/C(=C(\O)c3c(C)nc4c(C)cccn34)C(=O)C(=O)N2CCN(C)C)cc1. The zero-order chi connectivity index (χ0) is 24.6. The number of aromatic nitrogens is 2. The van der Waals surface area contributed by atoms with E-state index in [1.807, 2.05) is 69.2 Å². The van der Waals surface area contributed by atoms with Crippen molar-refractivity contribution >= 4 is 23.1 Å². The highest BCUT2D eigenvalue weighted by molar-refractivity contribution is 6.46. The Balaban J connectivity index is 1.90. The number of fused-ring (bicyclic) bond motifs is 1. The van der Waals surface area contributed by atoms with E-state index < -0.39 is 17.7 Å². The van der Waals surface area contributed by atoms with Gasteiger partial charge in [-0.1, -0.05) is 18.2 Å². The molecule has 8 nitrogen and oxygen atoms in total. The van der Waals surface area contributed by atoms with E-state index >= 15 is 0 Å². The lowest BCUT2D eigenvalue weighted by molar-refractivity contribution is -0.140. The number of ether oxygens (including phenoxy) is 1. The van der Waals surface area contributed by atoms with E-state index in [1.54, 1.807) is 17.5 Å². The Morgan fingerprint density at radius 1 is 1.15 bits per heavy atom. The number of aliphatic hydroxyl groups excluding tert-OH is 1. The molecule has 1 saturated heterocycles. The fourth-order valence-electron chi connectivity index (χ4n) is 4.41. The van der Waals surface area contributed by atoms with E-state index in [4.69, 9.17) is 4.74 Å². The molecule has 178 valence electrons. The van der Waals surface area contributed by atoms with Crippen molar-refractivity contribution in [1.29, 1.82) is 0 Å². The average molecular weight is 463 g/mol. The fraction of sp³-hybridized carbons (Fsp3) is 0.346. The first kappa shape index (κ1) is 23.5. The number of rotatable bonds is 7. The molecule has 1 fully saturated rings. The Morgan fingerprint density at radius 3 is 2.50 bits per heavy atom. The summed E-state index contributed by atoms with van der Waals surface area (Å²) in [5.74, 6) is -0.841. The molecule has 0 saturated carbocycles. The van der Waals surface area contributed by atoms with Crippen molar-refractivity contribution in [3.8, 4) is 5.75 Å². The molecule has 1 atom stereocenters. The topological polar surface area (TPSA) is 87.4 Å². The van der Waals surface area contributed by atoms with Crippen LogP contribution in [0.25, 0.3) is 11.4 Å². The first-order valence-electron chi connectivity index (χ1n) is 11.3. The van der Waals surface area contributed by atoms with Crippen LogP contribution in [0.1, 0.15) is 35.5 Å². The molecule has 3 heterocycles. The summed E-state index contributed by atoms with van der Waals surface area (Å²) in [6.07, 6.45) is 1.80. The Bertz CT molecular complexity index is 1270. The number of aryl methyl sites for hydroxylation is 2. The van der Waals surface area contributed by atoms with Gasteiger partial charge in [-0.3, -0.25) is 14.0 Å². The van der Waals surface area contributed by atoms with Crippen LogP contribution in [0.2, 0.25) is 0 Å². The molecule has 1 aromatic carbocycles. The predicted octanol–water partition coefficient (Wildman–Crippen LogP) is 3.33. The van der Waals surface area contributed by atoms with Crippen LogP contribution in [0.3, 0.4) is 0 Å². The normalized spacial score (nSPS) is 17.8. The van der Waals surface area contributed by atoms with Crippen LogP contribution in [0.15, 0.2) is 48.2 Å². The molecule has 3 aromatic rings. The number of carbonyl (C=O) groups excluding carboxylic acids is 2. The number of hydrogen-bond acceptors (Lipinski definition) is 6. The second kappa shape index (κ2) is 9.30. The molecule has 1 aliphatic heterocycles. The lowest BCUT2D eigenvalue weighted by Crippen LogP contribution is -2.35. The standard InChI is InChI=1S/C26H30N4O4/c1-6-34-19-11-9-18(10-12-19)22-20(24(32)26(33)30(22)15-14-28(4)5)23(31)21-17(3)27-25-16(2)8-7-13-29(21)25/h7-13,22,31H,6,14-15H2,1-5H3/b23-20+/t22-/m0/s1. The van der Waals surface area contributed by atoms with Crippen molar-refractivity contribution in [2.75, 3.05) is 33.8 Å². The Kier molecular flexibility index (Phi) is 6.43. The van der Waals surface area contributed by atoms with Gasteiger partial charge in [-0.15, -0.1) is 0 Å². The molecule has 0 radical (unpaired) electrons. The van der Waals surface area contributed by atoms with Gasteiger partial charge in [0.05, 0.1) is 23.9 Å². The summed E-state index contributed by atoms with van der Waals surface area (Å²) in [5, 5.41) is 11.5. The number of nitrogens with zero attached hydrogens (tertiary/aromatic N) is 4. The first-order chi connectivity index (χ1) is 16.2. The molecule has 34 heavy (non-hydrogen) atoms. The maximum Gasteiger partial charge on any atom is 0.295 e. The number of carbonyl (C=O) groups is 2. The number of Topliss-reactive ketones (excluding diaryl/α,β-unsaturated/α-hetero) is 1. The van der Waals surface area contributed by atoms with Gasteiger partial charge in [0.1, 0.15) is 17.1 Å². The van der Waals surface area contributed by atoms with Crippen LogP contribution in [0.4, 0.5) is 0 Å². The third kappa shape index (κ3) is 4.05. The Hall–Kier alpha value is -3.65. The highest BCUT2D eigenvalue weighted by atomic mass is 16.5. The molecule has 1 aliphatic rings. The fourth-order valence-corrected chi connectivity index (χ4v) is 4.41. The number of imidazole rings is 1. The van der Waals surface area contributed by atoms with Crippen LogP contribution < -0.4 is 4.74 Å². The maximum absolute atomic E-state index is 13.3. The van der Waals surface area contributed by atoms with Gasteiger partial charge in [0.15, 0.2) is 5.76 Å². The van der Waals surface area contributed by atoms with Crippen molar-refractivity contribution in [1.82, 2.24) is 19.2 Å². The van der Waals surface area contributed by atoms with Crippen molar-refractivity contribution in [2.24, 2.45) is 0 Å². The van der Waals surface area contributed by atoms with Gasteiger partial charge >= 0.3 is 0 Å². The zero-order valence-corrected chi connectivity index (χ0v) is 20.2. The quantitative estimate of drug-likeness (QED) is 0.329. The summed E-state index contributed by atoms with van der Waals surface area (Å²) in [5.41, 5.74) is 3.43. The van der Waals surface area contributed by atoms with E-state index in [-0.39, 0.29) is 11.3 Å². The molecule has 1 N–H and O–H groups in total. The van der Waals surface area contributed by atoms with Crippen LogP contribution in [-0.2, 0) is 9.59 Å². The van der Waals surface area contributed by atoms with Gasteiger partial charge in [-0.2, -0.15) is 0 Å². The molecule has 8 heteroatoms. The van der Waals surface area contributed by atoms with E-state index in [1.165, 1.54) is 4.90 Å². The van der Waals surface area contributed by atoms with Gasteiger partial charge < -0.3 is 19.6 Å². The summed E-state index contributed by atoms with van der Waals surface area (Å²) in [6, 6.07) is 10.4. The molecular weight excluding hydrogens is 432 g/mol. The van der Waals surface area contributed by atoms with Crippen LogP contribution >= 0.6 is 0 Å². The molecular formula is C26H30N4O4. The minimum Gasteiger partial charge on any atom is -0.505 e. The summed E-state index contributed by atoms with van der Waals surface area (Å²) in [6.45, 7) is 7.09. The number of amides is 1. The lowest BCUT2D eigenvalue weighted by Gasteiger charge is -2.26. The van der Waals surface area contributed by atoms with Crippen molar-refractivity contribution in [3.05, 3.63) is 70.7 Å². The number of likely N-dealkylation sites (tertiary alicyclic amines) is 1. The Labute approximate surface area is 199 Å². The molecule has 1 amide bonds. The third-order valence-corrected chi connectivity index (χ3v) is 6.08. The summed E-state index contributed by atoms with van der Waals surface area (Å²) in [7, 11) is 3.82. The number of hydrogen-bond donors (Lipinski definition) is 1. The number of aliphatic hydroxyl groups is 1. The molecule has 0 unspecified atom stereocenters. The molecule has 0 spiro atoms. The van der Waals surface area contributed by atoms with Gasteiger partial charge in [0.25, 0.3) is 11.7 Å². The largest absolute Gasteiger partial charge is 0.505 e.